The van der Waals surface area contributed by atoms with Crippen LogP contribution in [0.3, 0.4) is 0 Å². The molecule has 0 saturated heterocycles. The van der Waals surface area contributed by atoms with E-state index in [-0.39, 0.29) is 5.76 Å². The highest BCUT2D eigenvalue weighted by atomic mass is 35.5. The van der Waals surface area contributed by atoms with Crippen LogP contribution < -0.4 is 11.3 Å². The van der Waals surface area contributed by atoms with Gasteiger partial charge in [-0.2, -0.15) is 0 Å². The number of esters is 1. The fourth-order valence-electron chi connectivity index (χ4n) is 1.38. The molecular weight excluding hydrogens is 272 g/mol. The second-order valence-corrected chi connectivity index (χ2v) is 3.93. The molecule has 0 spiro atoms. The van der Waals surface area contributed by atoms with Gasteiger partial charge in [0, 0.05) is 10.6 Å². The monoisotopic (exact) mass is 280 g/mol. The van der Waals surface area contributed by atoms with Crippen LogP contribution in [0.4, 0.5) is 4.79 Å². The van der Waals surface area contributed by atoms with E-state index < -0.39 is 12.1 Å². The van der Waals surface area contributed by atoms with Crippen molar-refractivity contribution in [3.8, 4) is 11.3 Å². The van der Waals surface area contributed by atoms with E-state index >= 15 is 0 Å². The van der Waals surface area contributed by atoms with Gasteiger partial charge in [-0.25, -0.2) is 15.4 Å². The third-order valence-corrected chi connectivity index (χ3v) is 2.49. The fraction of sp³-hybridized carbons (Fsp3) is 0. The summed E-state index contributed by atoms with van der Waals surface area (Å²) in [7, 11) is 0. The van der Waals surface area contributed by atoms with Gasteiger partial charge in [-0.05, 0) is 36.4 Å². The van der Waals surface area contributed by atoms with Crippen molar-refractivity contribution in [3.05, 3.63) is 47.2 Å². The molecule has 7 heteroatoms. The predicted octanol–water partition coefficient (Wildman–Crippen LogP) is 2.34. The molecule has 1 aromatic heterocycles. The Bertz CT molecular complexity index is 606. The third kappa shape index (κ3) is 3.12. The minimum atomic E-state index is -1.06. The Morgan fingerprint density at radius 2 is 1.84 bits per heavy atom. The maximum Gasteiger partial charge on any atom is 0.429 e. The summed E-state index contributed by atoms with van der Waals surface area (Å²) in [5, 5.41) is 0.592. The van der Waals surface area contributed by atoms with Crippen molar-refractivity contribution in [2.45, 2.75) is 0 Å². The molecule has 0 atom stereocenters. The number of rotatable bonds is 2. The summed E-state index contributed by atoms with van der Waals surface area (Å²) in [5.41, 5.74) is 2.41. The highest BCUT2D eigenvalue weighted by Gasteiger charge is 2.16. The van der Waals surface area contributed by atoms with Gasteiger partial charge in [-0.15, -0.1) is 0 Å². The number of carbonyl (C=O) groups is 2. The lowest BCUT2D eigenvalue weighted by atomic mass is 10.2. The lowest BCUT2D eigenvalue weighted by molar-refractivity contribution is 0.0590. The van der Waals surface area contributed by atoms with E-state index in [1.165, 1.54) is 6.07 Å². The average Bonchev–Trinajstić information content (AvgIpc) is 2.89. The Hall–Kier alpha value is -2.31. The Kier molecular flexibility index (Phi) is 3.84. The molecule has 1 amide bonds. The van der Waals surface area contributed by atoms with Crippen LogP contribution in [-0.4, -0.2) is 12.1 Å². The molecule has 0 unspecified atom stereocenters. The molecule has 19 heavy (non-hydrogen) atoms. The zero-order valence-corrected chi connectivity index (χ0v) is 10.3. The molecule has 0 radical (unpaired) electrons. The average molecular weight is 281 g/mol. The Balaban J connectivity index is 2.17. The first-order valence-electron chi connectivity index (χ1n) is 5.18. The van der Waals surface area contributed by atoms with E-state index in [9.17, 15) is 9.59 Å². The van der Waals surface area contributed by atoms with Gasteiger partial charge in [-0.3, -0.25) is 5.43 Å². The first kappa shape index (κ1) is 13.1. The second kappa shape index (κ2) is 5.55. The third-order valence-electron chi connectivity index (χ3n) is 2.24. The molecule has 0 bridgehead atoms. The minimum absolute atomic E-state index is 0.103. The summed E-state index contributed by atoms with van der Waals surface area (Å²) in [6.45, 7) is 0. The van der Waals surface area contributed by atoms with Crippen LogP contribution in [0.25, 0.3) is 11.3 Å². The van der Waals surface area contributed by atoms with Gasteiger partial charge in [0.2, 0.25) is 5.76 Å². The molecule has 2 aromatic rings. The number of amides is 1. The summed E-state index contributed by atoms with van der Waals surface area (Å²) < 4.78 is 9.60. The maximum absolute atomic E-state index is 11.5. The topological polar surface area (TPSA) is 94.6 Å². The number of hydrogen-bond donors (Lipinski definition) is 2. The largest absolute Gasteiger partial charge is 0.449 e. The quantitative estimate of drug-likeness (QED) is 0.289. The molecule has 0 aliphatic carbocycles. The van der Waals surface area contributed by atoms with Crippen molar-refractivity contribution in [1.29, 1.82) is 0 Å². The van der Waals surface area contributed by atoms with Gasteiger partial charge < -0.3 is 9.15 Å². The number of benzene rings is 1. The maximum atomic E-state index is 11.5. The van der Waals surface area contributed by atoms with Crippen LogP contribution in [0.15, 0.2) is 40.8 Å². The van der Waals surface area contributed by atoms with Crippen molar-refractivity contribution in [2.75, 3.05) is 0 Å². The minimum Gasteiger partial charge on any atom is -0.449 e. The van der Waals surface area contributed by atoms with Crippen molar-refractivity contribution in [1.82, 2.24) is 5.43 Å². The fourth-order valence-corrected chi connectivity index (χ4v) is 1.51. The van der Waals surface area contributed by atoms with E-state index in [0.29, 0.717) is 10.8 Å². The molecule has 0 saturated carbocycles. The number of hydrazine groups is 1. The Labute approximate surface area is 113 Å². The first-order chi connectivity index (χ1) is 9.10. The molecule has 0 aliphatic rings. The SMILES string of the molecule is NNC(=O)OC(=O)c1ccc(-c2ccc(Cl)cc2)o1. The summed E-state index contributed by atoms with van der Waals surface area (Å²) in [5.74, 6) is 4.21. The lowest BCUT2D eigenvalue weighted by Gasteiger charge is -1.99. The van der Waals surface area contributed by atoms with Gasteiger partial charge in [0.15, 0.2) is 0 Å². The number of furan rings is 1. The lowest BCUT2D eigenvalue weighted by Crippen LogP contribution is -2.32. The van der Waals surface area contributed by atoms with Gasteiger partial charge in [-0.1, -0.05) is 11.6 Å². The van der Waals surface area contributed by atoms with Crippen molar-refractivity contribution >= 4 is 23.7 Å². The summed E-state index contributed by atoms with van der Waals surface area (Å²) in [6, 6.07) is 9.85. The molecule has 98 valence electrons. The molecule has 3 N–H and O–H groups in total. The van der Waals surface area contributed by atoms with Gasteiger partial charge in [0.25, 0.3) is 0 Å². The van der Waals surface area contributed by atoms with Gasteiger partial charge in [0.1, 0.15) is 5.76 Å². The Morgan fingerprint density at radius 1 is 1.16 bits per heavy atom. The van der Waals surface area contributed by atoms with Crippen LogP contribution in [0.5, 0.6) is 0 Å². The highest BCUT2D eigenvalue weighted by molar-refractivity contribution is 6.30. The summed E-state index contributed by atoms with van der Waals surface area (Å²) in [6.07, 6.45) is -1.06. The predicted molar refractivity (Wildman–Crippen MR) is 67.3 cm³/mol. The molecule has 6 nitrogen and oxygen atoms in total. The molecule has 1 heterocycles. The number of nitrogens with one attached hydrogen (secondary N) is 1. The van der Waals surface area contributed by atoms with Crippen LogP contribution >= 0.6 is 11.6 Å². The standard InChI is InChI=1S/C12H9ClN2O4/c13-8-3-1-7(2-4-8)9-5-6-10(18-9)11(16)19-12(17)15-14/h1-6H,14H2,(H,15,17). The molecule has 1 aromatic carbocycles. The van der Waals surface area contributed by atoms with E-state index in [1.807, 2.05) is 0 Å². The molecule has 2 rings (SSSR count). The molecule has 0 fully saturated rings. The Morgan fingerprint density at radius 3 is 2.47 bits per heavy atom. The van der Waals surface area contributed by atoms with Crippen molar-refractivity contribution < 1.29 is 18.7 Å². The normalized spacial score (nSPS) is 10.0. The van der Waals surface area contributed by atoms with Crippen LogP contribution in [0, 0.1) is 0 Å². The van der Waals surface area contributed by atoms with Crippen LogP contribution in [0.1, 0.15) is 10.6 Å². The molecular formula is C12H9ClN2O4. The number of hydrogen-bond acceptors (Lipinski definition) is 5. The van der Waals surface area contributed by atoms with Gasteiger partial charge in [0.05, 0.1) is 0 Å². The number of ether oxygens (including phenoxy) is 1. The van der Waals surface area contributed by atoms with Crippen LogP contribution in [0.2, 0.25) is 5.02 Å². The van der Waals surface area contributed by atoms with Gasteiger partial charge >= 0.3 is 12.1 Å². The zero-order valence-electron chi connectivity index (χ0n) is 9.55. The summed E-state index contributed by atoms with van der Waals surface area (Å²) in [4.78, 5) is 22.2. The zero-order chi connectivity index (χ0) is 13.8. The van der Waals surface area contributed by atoms with Crippen molar-refractivity contribution in [2.24, 2.45) is 5.84 Å². The number of nitrogens with two attached hydrogens (primary N) is 1. The second-order valence-electron chi connectivity index (χ2n) is 3.49. The smallest absolute Gasteiger partial charge is 0.429 e. The number of halogens is 1. The highest BCUT2D eigenvalue weighted by Crippen LogP contribution is 2.24. The first-order valence-corrected chi connectivity index (χ1v) is 5.56. The number of carbonyl (C=O) groups excluding carboxylic acids is 2. The van der Waals surface area contributed by atoms with Crippen LogP contribution in [-0.2, 0) is 4.74 Å². The van der Waals surface area contributed by atoms with E-state index in [1.54, 1.807) is 35.8 Å². The van der Waals surface area contributed by atoms with Crippen molar-refractivity contribution in [3.63, 3.8) is 0 Å². The van der Waals surface area contributed by atoms with E-state index in [4.69, 9.17) is 21.9 Å². The van der Waals surface area contributed by atoms with E-state index in [0.717, 1.165) is 5.56 Å². The summed E-state index contributed by atoms with van der Waals surface area (Å²) >= 11 is 5.77. The molecule has 0 aliphatic heterocycles. The van der Waals surface area contributed by atoms with E-state index in [2.05, 4.69) is 4.74 Å².